The van der Waals surface area contributed by atoms with Gasteiger partial charge in [0, 0.05) is 17.9 Å². The van der Waals surface area contributed by atoms with E-state index in [9.17, 15) is 0 Å². The number of para-hydroxylation sites is 1. The molecule has 1 saturated carbocycles. The summed E-state index contributed by atoms with van der Waals surface area (Å²) in [5.74, 6) is 1.59. The van der Waals surface area contributed by atoms with Crippen LogP contribution in [0.5, 0.6) is 11.5 Å². The third kappa shape index (κ3) is 2.96. The van der Waals surface area contributed by atoms with Crippen molar-refractivity contribution in [3.8, 4) is 11.5 Å². The van der Waals surface area contributed by atoms with Crippen LogP contribution in [0.3, 0.4) is 0 Å². The molecule has 20 heavy (non-hydrogen) atoms. The lowest BCUT2D eigenvalue weighted by atomic mass is 9.64. The zero-order valence-corrected chi connectivity index (χ0v) is 14.3. The molecule has 1 N–H and O–H groups in total. The van der Waals surface area contributed by atoms with Crippen LogP contribution in [0.15, 0.2) is 22.7 Å². The number of halogens is 1. The van der Waals surface area contributed by atoms with Crippen molar-refractivity contribution in [1.29, 1.82) is 0 Å². The molecule has 1 aliphatic rings. The van der Waals surface area contributed by atoms with Gasteiger partial charge in [-0.25, -0.2) is 0 Å². The van der Waals surface area contributed by atoms with Gasteiger partial charge in [-0.3, -0.25) is 0 Å². The molecule has 112 valence electrons. The third-order valence-electron chi connectivity index (χ3n) is 4.23. The molecule has 2 unspecified atom stereocenters. The van der Waals surface area contributed by atoms with Crippen molar-refractivity contribution in [2.75, 3.05) is 13.7 Å². The Kier molecular flexibility index (Phi) is 4.97. The monoisotopic (exact) mass is 341 g/mol. The van der Waals surface area contributed by atoms with Crippen molar-refractivity contribution in [2.45, 2.75) is 45.8 Å². The molecule has 0 spiro atoms. The average molecular weight is 342 g/mol. The first-order valence-corrected chi connectivity index (χ1v) is 8.02. The van der Waals surface area contributed by atoms with E-state index in [4.69, 9.17) is 9.47 Å². The maximum absolute atomic E-state index is 6.22. The van der Waals surface area contributed by atoms with Crippen molar-refractivity contribution in [3.63, 3.8) is 0 Å². The molecule has 0 saturated heterocycles. The SMILES string of the molecule is CCCNC1CC(Oc2c(Br)cccc2OC)C1(C)C. The molecule has 1 fully saturated rings. The number of nitrogens with one attached hydrogen (secondary N) is 1. The fraction of sp³-hybridized carbons (Fsp3) is 0.625. The van der Waals surface area contributed by atoms with Gasteiger partial charge in [0.25, 0.3) is 0 Å². The van der Waals surface area contributed by atoms with E-state index < -0.39 is 0 Å². The molecule has 0 radical (unpaired) electrons. The Hall–Kier alpha value is -0.740. The van der Waals surface area contributed by atoms with Crippen LogP contribution in [0.25, 0.3) is 0 Å². The Morgan fingerprint density at radius 3 is 2.75 bits per heavy atom. The first kappa shape index (κ1) is 15.6. The summed E-state index contributed by atoms with van der Waals surface area (Å²) >= 11 is 3.54. The van der Waals surface area contributed by atoms with Crippen molar-refractivity contribution in [3.05, 3.63) is 22.7 Å². The van der Waals surface area contributed by atoms with Gasteiger partial charge in [-0.05, 0) is 41.0 Å². The molecular weight excluding hydrogens is 318 g/mol. The second-order valence-electron chi connectivity index (χ2n) is 5.94. The molecule has 0 bridgehead atoms. The van der Waals surface area contributed by atoms with Crippen molar-refractivity contribution in [1.82, 2.24) is 5.32 Å². The summed E-state index contributed by atoms with van der Waals surface area (Å²) in [5.41, 5.74) is 0.134. The fourth-order valence-corrected chi connectivity index (χ4v) is 3.10. The Labute approximate surface area is 130 Å². The number of hydrogen-bond acceptors (Lipinski definition) is 3. The van der Waals surface area contributed by atoms with Crippen LogP contribution in [-0.4, -0.2) is 25.8 Å². The average Bonchev–Trinajstić information content (AvgIpc) is 2.43. The maximum atomic E-state index is 6.22. The minimum absolute atomic E-state index is 0.134. The van der Waals surface area contributed by atoms with Crippen LogP contribution in [0.1, 0.15) is 33.6 Å². The molecule has 2 atom stereocenters. The molecule has 4 heteroatoms. The van der Waals surface area contributed by atoms with Crippen LogP contribution in [-0.2, 0) is 0 Å². The van der Waals surface area contributed by atoms with Gasteiger partial charge < -0.3 is 14.8 Å². The number of methoxy groups -OCH3 is 1. The van der Waals surface area contributed by atoms with Gasteiger partial charge >= 0.3 is 0 Å². The highest BCUT2D eigenvalue weighted by atomic mass is 79.9. The second-order valence-corrected chi connectivity index (χ2v) is 6.80. The van der Waals surface area contributed by atoms with Gasteiger partial charge in [0.05, 0.1) is 11.6 Å². The molecule has 0 amide bonds. The summed E-state index contributed by atoms with van der Waals surface area (Å²) in [6.07, 6.45) is 2.41. The number of ether oxygens (including phenoxy) is 2. The van der Waals surface area contributed by atoms with E-state index in [0.29, 0.717) is 6.04 Å². The Morgan fingerprint density at radius 1 is 1.40 bits per heavy atom. The lowest BCUT2D eigenvalue weighted by molar-refractivity contribution is -0.0559. The number of hydrogen-bond donors (Lipinski definition) is 1. The van der Waals surface area contributed by atoms with Crippen LogP contribution >= 0.6 is 15.9 Å². The standard InChI is InChI=1S/C16H24BrNO2/c1-5-9-18-13-10-14(16(13,2)3)20-15-11(17)7-6-8-12(15)19-4/h6-8,13-14,18H,5,9-10H2,1-4H3. The van der Waals surface area contributed by atoms with E-state index in [1.165, 1.54) is 0 Å². The van der Waals surface area contributed by atoms with Crippen molar-refractivity contribution in [2.24, 2.45) is 5.41 Å². The fourth-order valence-electron chi connectivity index (χ4n) is 2.66. The zero-order chi connectivity index (χ0) is 14.8. The van der Waals surface area contributed by atoms with E-state index in [1.54, 1.807) is 7.11 Å². The van der Waals surface area contributed by atoms with Gasteiger partial charge in [0.15, 0.2) is 11.5 Å². The number of benzene rings is 1. The summed E-state index contributed by atoms with van der Waals surface area (Å²) in [6, 6.07) is 6.39. The van der Waals surface area contributed by atoms with E-state index in [1.807, 2.05) is 18.2 Å². The van der Waals surface area contributed by atoms with Gasteiger partial charge in [0.2, 0.25) is 0 Å². The summed E-state index contributed by atoms with van der Waals surface area (Å²) in [5, 5.41) is 3.60. The lowest BCUT2D eigenvalue weighted by Gasteiger charge is -2.51. The molecule has 3 nitrogen and oxygen atoms in total. The molecule has 0 aromatic heterocycles. The molecule has 1 aromatic rings. The predicted molar refractivity (Wildman–Crippen MR) is 85.6 cm³/mol. The largest absolute Gasteiger partial charge is 0.493 e. The smallest absolute Gasteiger partial charge is 0.175 e. The topological polar surface area (TPSA) is 30.5 Å². The minimum Gasteiger partial charge on any atom is -0.493 e. The summed E-state index contributed by atoms with van der Waals surface area (Å²) in [4.78, 5) is 0. The maximum Gasteiger partial charge on any atom is 0.175 e. The first-order valence-electron chi connectivity index (χ1n) is 7.23. The molecule has 0 aliphatic heterocycles. The van der Waals surface area contributed by atoms with E-state index in [-0.39, 0.29) is 11.5 Å². The molecule has 1 aliphatic carbocycles. The lowest BCUT2D eigenvalue weighted by Crippen LogP contribution is -2.62. The third-order valence-corrected chi connectivity index (χ3v) is 4.85. The van der Waals surface area contributed by atoms with Crippen LogP contribution in [0.2, 0.25) is 0 Å². The van der Waals surface area contributed by atoms with Crippen LogP contribution < -0.4 is 14.8 Å². The summed E-state index contributed by atoms with van der Waals surface area (Å²) in [6.45, 7) is 7.79. The summed E-state index contributed by atoms with van der Waals surface area (Å²) in [7, 11) is 1.67. The van der Waals surface area contributed by atoms with Gasteiger partial charge in [-0.1, -0.05) is 26.8 Å². The summed E-state index contributed by atoms with van der Waals surface area (Å²) < 4.78 is 12.5. The Balaban J connectivity index is 2.06. The Morgan fingerprint density at radius 2 is 2.15 bits per heavy atom. The van der Waals surface area contributed by atoms with Crippen molar-refractivity contribution < 1.29 is 9.47 Å². The second kappa shape index (κ2) is 6.35. The zero-order valence-electron chi connectivity index (χ0n) is 12.7. The van der Waals surface area contributed by atoms with E-state index in [2.05, 4.69) is 42.0 Å². The van der Waals surface area contributed by atoms with Crippen molar-refractivity contribution >= 4 is 15.9 Å². The normalized spacial score (nSPS) is 24.1. The van der Waals surface area contributed by atoms with E-state index >= 15 is 0 Å². The highest BCUT2D eigenvalue weighted by Gasteiger charge is 2.49. The van der Waals surface area contributed by atoms with Gasteiger partial charge in [-0.2, -0.15) is 0 Å². The van der Waals surface area contributed by atoms with Crippen LogP contribution in [0, 0.1) is 5.41 Å². The molecular formula is C16H24BrNO2. The highest BCUT2D eigenvalue weighted by Crippen LogP contribution is 2.46. The van der Waals surface area contributed by atoms with E-state index in [0.717, 1.165) is 35.4 Å². The quantitative estimate of drug-likeness (QED) is 0.848. The Bertz CT molecular complexity index is 462. The van der Waals surface area contributed by atoms with Gasteiger partial charge in [-0.15, -0.1) is 0 Å². The first-order chi connectivity index (χ1) is 9.50. The number of rotatable bonds is 6. The van der Waals surface area contributed by atoms with Gasteiger partial charge in [0.1, 0.15) is 6.10 Å². The van der Waals surface area contributed by atoms with Crippen LogP contribution in [0.4, 0.5) is 0 Å². The molecule has 0 heterocycles. The minimum atomic E-state index is 0.134. The molecule has 2 rings (SSSR count). The predicted octanol–water partition coefficient (Wildman–Crippen LogP) is 4.00. The highest BCUT2D eigenvalue weighted by molar-refractivity contribution is 9.10. The molecule has 1 aromatic carbocycles.